The summed E-state index contributed by atoms with van der Waals surface area (Å²) in [5.41, 5.74) is 26.1. The summed E-state index contributed by atoms with van der Waals surface area (Å²) < 4.78 is 4.73. The van der Waals surface area contributed by atoms with Gasteiger partial charge in [-0.05, 0) is 124 Å². The Morgan fingerprint density at radius 2 is 0.393 bits per heavy atom. The predicted molar refractivity (Wildman–Crippen MR) is 495 cm³/mol. The van der Waals surface area contributed by atoms with Gasteiger partial charge in [-0.3, -0.25) is 0 Å². The minimum absolute atomic E-state index is 0.482. The van der Waals surface area contributed by atoms with E-state index in [-0.39, 0.29) is 0 Å². The molecule has 12 nitrogen and oxygen atoms in total. The van der Waals surface area contributed by atoms with Crippen molar-refractivity contribution in [1.82, 2.24) is 59.0 Å². The number of rotatable bonds is 17. The Morgan fingerprint density at radius 1 is 0.131 bits per heavy atom. The van der Waals surface area contributed by atoms with Gasteiger partial charge in [-0.2, -0.15) is 0 Å². The van der Waals surface area contributed by atoms with E-state index in [0.29, 0.717) is 46.6 Å². The number of hydrogen-bond donors (Lipinski definition) is 0. The van der Waals surface area contributed by atoms with Gasteiger partial charge in [0.25, 0.3) is 0 Å². The Morgan fingerprint density at radius 3 is 0.828 bits per heavy atom. The molecule has 0 N–H and O–H groups in total. The van der Waals surface area contributed by atoms with E-state index in [1.807, 2.05) is 152 Å². The number of benzene rings is 16. The molecule has 6 aromatic heterocycles. The number of aromatic nitrogens is 12. The highest BCUT2D eigenvalue weighted by molar-refractivity contribution is 6.13. The molecule has 0 aliphatic rings. The molecule has 0 radical (unpaired) electrons. The van der Waals surface area contributed by atoms with Crippen molar-refractivity contribution in [1.29, 1.82) is 0 Å². The molecule has 0 spiro atoms. The summed E-state index contributed by atoms with van der Waals surface area (Å²) in [5, 5.41) is 4.45. The number of nitrogens with zero attached hydrogens (tertiary/aromatic N) is 12. The smallest absolute Gasteiger partial charge is 0.166 e. The van der Waals surface area contributed by atoms with Crippen molar-refractivity contribution in [2.24, 2.45) is 0 Å². The topological polar surface area (TPSA) is 139 Å². The van der Waals surface area contributed by atoms with Gasteiger partial charge in [0.05, 0.1) is 56.2 Å². The second-order valence-corrected chi connectivity index (χ2v) is 30.3. The molecular formula is C110H70N12. The Kier molecular flexibility index (Phi) is 18.3. The first-order chi connectivity index (χ1) is 60.4. The van der Waals surface area contributed by atoms with Crippen LogP contribution in [0.2, 0.25) is 0 Å². The van der Waals surface area contributed by atoms with Gasteiger partial charge in [-0.15, -0.1) is 0 Å². The molecule has 12 heteroatoms. The van der Waals surface area contributed by atoms with Crippen molar-refractivity contribution in [3.8, 4) is 181 Å². The Labute approximate surface area is 703 Å². The largest absolute Gasteiger partial charge is 0.309 e. The van der Waals surface area contributed by atoms with Gasteiger partial charge >= 0.3 is 0 Å². The molecule has 0 bridgehead atoms. The summed E-state index contributed by atoms with van der Waals surface area (Å²) in [6.45, 7) is 0. The lowest BCUT2D eigenvalue weighted by Crippen LogP contribution is -2.05. The van der Waals surface area contributed by atoms with Gasteiger partial charge in [-0.25, -0.2) is 49.8 Å². The van der Waals surface area contributed by atoms with Gasteiger partial charge in [0.15, 0.2) is 46.6 Å². The minimum Gasteiger partial charge on any atom is -0.309 e. The molecule has 6 heterocycles. The van der Waals surface area contributed by atoms with Gasteiger partial charge in [0.1, 0.15) is 0 Å². The van der Waals surface area contributed by atoms with Crippen molar-refractivity contribution in [3.63, 3.8) is 0 Å². The lowest BCUT2D eigenvalue weighted by atomic mass is 9.97. The fourth-order valence-corrected chi connectivity index (χ4v) is 16.7. The van der Waals surface area contributed by atoms with Crippen molar-refractivity contribution in [2.45, 2.75) is 0 Å². The molecule has 0 aliphatic heterocycles. The molecule has 16 aromatic carbocycles. The highest BCUT2D eigenvalue weighted by atomic mass is 15.1. The van der Waals surface area contributed by atoms with E-state index in [1.54, 1.807) is 0 Å². The molecule has 22 aromatic rings. The van der Waals surface area contributed by atoms with Gasteiger partial charge < -0.3 is 9.13 Å². The molecule has 0 saturated carbocycles. The Hall–Kier alpha value is -16.7. The molecule has 0 amide bonds. The van der Waals surface area contributed by atoms with Gasteiger partial charge in [-0.1, -0.05) is 334 Å². The normalized spacial score (nSPS) is 11.4. The zero-order valence-electron chi connectivity index (χ0n) is 65.8. The summed E-state index contributed by atoms with van der Waals surface area (Å²) in [6.07, 6.45) is 0. The molecule has 0 saturated heterocycles. The molecule has 122 heavy (non-hydrogen) atoms. The molecule has 0 unspecified atom stereocenters. The highest BCUT2D eigenvalue weighted by Gasteiger charge is 2.26. The summed E-state index contributed by atoms with van der Waals surface area (Å²) in [5.74, 6) is 4.37. The van der Waals surface area contributed by atoms with Gasteiger partial charge in [0, 0.05) is 88.3 Å². The molecular weight excluding hydrogens is 1490 g/mol. The first-order valence-electron chi connectivity index (χ1n) is 40.8. The first kappa shape index (κ1) is 71.8. The third-order valence-corrected chi connectivity index (χ3v) is 22.7. The van der Waals surface area contributed by atoms with Crippen LogP contribution in [0.4, 0.5) is 0 Å². The standard InChI is InChI=1S/C110H70N12/c1-9-31-71(32-10-1)82-55-59-100-89(65-82)87-51-26-28-54-98(87)122(100)102-62-58-86(68-92(102)110-119-106(77-43-21-7-22-44-77)115-107(120-110)78-45-23-8-24-46-78)109-117-105(76-41-19-6-20-42-76)116-108(118-109)85-50-30-49-81(64-85)79-47-29-48-80(63-79)83-56-60-99-90(66-83)88-52-25-27-53-97(88)121(99)101-61-57-84(95-69-93(72-33-11-2-12-34-72)111-103(113-95)74-37-15-4-16-38-74)67-91(101)96-70-94(73-35-13-3-14-36-73)112-104(114-96)75-39-17-5-18-40-75/h1-70H. The van der Waals surface area contributed by atoms with E-state index in [9.17, 15) is 0 Å². The van der Waals surface area contributed by atoms with Crippen LogP contribution in [0.5, 0.6) is 0 Å². The van der Waals surface area contributed by atoms with Crippen LogP contribution in [0.15, 0.2) is 425 Å². The Balaban J connectivity index is 0.667. The summed E-state index contributed by atoms with van der Waals surface area (Å²) in [6, 6.07) is 148. The molecule has 0 atom stereocenters. The van der Waals surface area contributed by atoms with E-state index in [0.717, 1.165) is 178 Å². The quantitative estimate of drug-likeness (QED) is 0.0866. The molecule has 0 aliphatic carbocycles. The van der Waals surface area contributed by atoms with E-state index in [2.05, 4.69) is 282 Å². The second kappa shape index (κ2) is 31.1. The molecule has 0 fully saturated rings. The van der Waals surface area contributed by atoms with Crippen molar-refractivity contribution in [3.05, 3.63) is 425 Å². The van der Waals surface area contributed by atoms with Crippen molar-refractivity contribution in [2.75, 3.05) is 0 Å². The third-order valence-electron chi connectivity index (χ3n) is 22.7. The van der Waals surface area contributed by atoms with E-state index >= 15 is 0 Å². The van der Waals surface area contributed by atoms with E-state index in [4.69, 9.17) is 49.8 Å². The lowest BCUT2D eigenvalue weighted by Gasteiger charge is -2.17. The summed E-state index contributed by atoms with van der Waals surface area (Å²) >= 11 is 0. The van der Waals surface area contributed by atoms with Crippen LogP contribution in [0.25, 0.3) is 224 Å². The average Bonchev–Trinajstić information content (AvgIpc) is 1.56. The number of para-hydroxylation sites is 2. The monoisotopic (exact) mass is 1560 g/mol. The van der Waals surface area contributed by atoms with Crippen molar-refractivity contribution < 1.29 is 0 Å². The highest BCUT2D eigenvalue weighted by Crippen LogP contribution is 2.45. The number of fused-ring (bicyclic) bond motifs is 6. The zero-order chi connectivity index (χ0) is 80.8. The first-order valence-corrected chi connectivity index (χ1v) is 40.8. The van der Waals surface area contributed by atoms with E-state index in [1.165, 1.54) is 0 Å². The fraction of sp³-hybridized carbons (Fsp3) is 0. The maximum absolute atomic E-state index is 5.53. The zero-order valence-corrected chi connectivity index (χ0v) is 65.8. The van der Waals surface area contributed by atoms with Crippen LogP contribution < -0.4 is 0 Å². The van der Waals surface area contributed by atoms with Crippen LogP contribution in [-0.2, 0) is 0 Å². The second-order valence-electron chi connectivity index (χ2n) is 30.3. The molecule has 570 valence electrons. The van der Waals surface area contributed by atoms with Crippen LogP contribution in [0.3, 0.4) is 0 Å². The van der Waals surface area contributed by atoms with Crippen LogP contribution in [-0.4, -0.2) is 59.0 Å². The van der Waals surface area contributed by atoms with E-state index < -0.39 is 0 Å². The molecule has 22 rings (SSSR count). The summed E-state index contributed by atoms with van der Waals surface area (Å²) in [4.78, 5) is 53.5. The summed E-state index contributed by atoms with van der Waals surface area (Å²) in [7, 11) is 0. The SMILES string of the molecule is c1ccc(-c2ccc3c(c2)c2ccccc2n3-c2ccc(-c3nc(-c4ccccc4)nc(-c4cccc(-c5cccc(-c6ccc7c(c6)c6ccccc6n7-c6ccc(-c7cc(-c8ccccc8)nc(-c8ccccc8)n7)cc6-c6cc(-c7ccccc7)nc(-c7ccccc7)n6)c5)c4)n3)cc2-c2nc(-c3ccccc3)nc(-c3ccccc3)n2)cc1. The minimum atomic E-state index is 0.482. The maximum atomic E-state index is 5.53. The Bertz CT molecular complexity index is 7550. The number of hydrogen-bond acceptors (Lipinski definition) is 10. The van der Waals surface area contributed by atoms with Crippen LogP contribution in [0, 0.1) is 0 Å². The van der Waals surface area contributed by atoms with Crippen molar-refractivity contribution >= 4 is 43.6 Å². The van der Waals surface area contributed by atoms with Gasteiger partial charge in [0.2, 0.25) is 0 Å². The predicted octanol–water partition coefficient (Wildman–Crippen LogP) is 26.8. The third kappa shape index (κ3) is 13.7. The van der Waals surface area contributed by atoms with Crippen LogP contribution in [0.1, 0.15) is 0 Å². The van der Waals surface area contributed by atoms with Crippen LogP contribution >= 0.6 is 0 Å². The lowest BCUT2D eigenvalue weighted by molar-refractivity contribution is 1.06. The fourth-order valence-electron chi connectivity index (χ4n) is 16.7. The average molecular weight is 1560 g/mol. The maximum Gasteiger partial charge on any atom is 0.166 e.